The lowest BCUT2D eigenvalue weighted by Gasteiger charge is -2.18. The van der Waals surface area contributed by atoms with Gasteiger partial charge in [-0.1, -0.05) is 0 Å². The van der Waals surface area contributed by atoms with Gasteiger partial charge in [-0.3, -0.25) is 4.79 Å². The standard InChI is InChI=1S/C12H18N4O3/c1-8(14-12(18)19-2)11(17)15-10-7-13-9-5-3-4-6-16(9)10/h7-8H,3-6H2,1-2H3,(H,14,18)(H,15,17)/t8-/m0/s1. The minimum absolute atomic E-state index is 0.293. The highest BCUT2D eigenvalue weighted by molar-refractivity contribution is 5.95. The van der Waals surface area contributed by atoms with Crippen LogP contribution in [0.4, 0.5) is 10.6 Å². The van der Waals surface area contributed by atoms with E-state index >= 15 is 0 Å². The molecule has 2 N–H and O–H groups in total. The highest BCUT2D eigenvalue weighted by atomic mass is 16.5. The van der Waals surface area contributed by atoms with E-state index in [1.807, 2.05) is 4.57 Å². The first-order valence-corrected chi connectivity index (χ1v) is 6.31. The molecule has 1 aromatic heterocycles. The average Bonchev–Trinajstić information content (AvgIpc) is 2.82. The molecule has 0 saturated carbocycles. The second-order valence-corrected chi connectivity index (χ2v) is 4.52. The zero-order chi connectivity index (χ0) is 13.8. The van der Waals surface area contributed by atoms with Gasteiger partial charge >= 0.3 is 6.09 Å². The highest BCUT2D eigenvalue weighted by Crippen LogP contribution is 2.19. The molecule has 0 fully saturated rings. The van der Waals surface area contributed by atoms with E-state index in [9.17, 15) is 9.59 Å². The highest BCUT2D eigenvalue weighted by Gasteiger charge is 2.19. The van der Waals surface area contributed by atoms with Gasteiger partial charge in [0.2, 0.25) is 5.91 Å². The second kappa shape index (κ2) is 5.73. The third-order valence-electron chi connectivity index (χ3n) is 3.13. The molecule has 0 aliphatic carbocycles. The Morgan fingerprint density at radius 3 is 3.00 bits per heavy atom. The van der Waals surface area contributed by atoms with E-state index in [0.717, 1.165) is 31.6 Å². The van der Waals surface area contributed by atoms with E-state index in [1.54, 1.807) is 13.1 Å². The molecule has 1 atom stereocenters. The molecule has 0 saturated heterocycles. The summed E-state index contributed by atoms with van der Waals surface area (Å²) in [5.41, 5.74) is 0. The van der Waals surface area contributed by atoms with Crippen LogP contribution in [0.15, 0.2) is 6.20 Å². The molecule has 1 aromatic rings. The fourth-order valence-electron chi connectivity index (χ4n) is 2.05. The number of amides is 2. The van der Waals surface area contributed by atoms with Crippen molar-refractivity contribution >= 4 is 17.8 Å². The Hall–Kier alpha value is -2.05. The SMILES string of the molecule is COC(=O)N[C@@H](C)C(=O)Nc1cnc2n1CCCC2. The predicted molar refractivity (Wildman–Crippen MR) is 68.8 cm³/mol. The summed E-state index contributed by atoms with van der Waals surface area (Å²) in [5.74, 6) is 1.38. The van der Waals surface area contributed by atoms with E-state index in [-0.39, 0.29) is 5.91 Å². The number of ether oxygens (including phenoxy) is 1. The van der Waals surface area contributed by atoms with Crippen molar-refractivity contribution < 1.29 is 14.3 Å². The van der Waals surface area contributed by atoms with Crippen molar-refractivity contribution in [3.8, 4) is 0 Å². The number of carbonyl (C=O) groups is 2. The quantitative estimate of drug-likeness (QED) is 0.851. The van der Waals surface area contributed by atoms with Crippen molar-refractivity contribution in [3.05, 3.63) is 12.0 Å². The van der Waals surface area contributed by atoms with Gasteiger partial charge in [0.1, 0.15) is 17.7 Å². The van der Waals surface area contributed by atoms with Gasteiger partial charge in [0.15, 0.2) is 0 Å². The maximum atomic E-state index is 11.9. The predicted octanol–water partition coefficient (Wildman–Crippen LogP) is 0.902. The lowest BCUT2D eigenvalue weighted by molar-refractivity contribution is -0.117. The van der Waals surface area contributed by atoms with Crippen LogP contribution in [-0.4, -0.2) is 34.7 Å². The van der Waals surface area contributed by atoms with Gasteiger partial charge in [-0.05, 0) is 19.8 Å². The van der Waals surface area contributed by atoms with Crippen molar-refractivity contribution in [1.29, 1.82) is 0 Å². The van der Waals surface area contributed by atoms with Gasteiger partial charge in [0.05, 0.1) is 13.3 Å². The minimum Gasteiger partial charge on any atom is -0.453 e. The summed E-state index contributed by atoms with van der Waals surface area (Å²) in [7, 11) is 1.26. The Labute approximate surface area is 111 Å². The van der Waals surface area contributed by atoms with Gasteiger partial charge in [0.25, 0.3) is 0 Å². The number of carbonyl (C=O) groups excluding carboxylic acids is 2. The molecule has 0 spiro atoms. The molecule has 104 valence electrons. The van der Waals surface area contributed by atoms with Crippen LogP contribution in [-0.2, 0) is 22.5 Å². The molecule has 7 nitrogen and oxygen atoms in total. The number of anilines is 1. The lowest BCUT2D eigenvalue weighted by Crippen LogP contribution is -2.41. The Morgan fingerprint density at radius 2 is 2.26 bits per heavy atom. The number of aromatic nitrogens is 2. The van der Waals surface area contributed by atoms with Crippen LogP contribution in [0, 0.1) is 0 Å². The minimum atomic E-state index is -0.665. The number of imidazole rings is 1. The summed E-state index contributed by atoms with van der Waals surface area (Å²) in [6.07, 6.45) is 4.18. The van der Waals surface area contributed by atoms with Crippen molar-refractivity contribution in [2.24, 2.45) is 0 Å². The van der Waals surface area contributed by atoms with Crippen molar-refractivity contribution in [2.75, 3.05) is 12.4 Å². The van der Waals surface area contributed by atoms with Crippen LogP contribution in [0.2, 0.25) is 0 Å². The summed E-state index contributed by atoms with van der Waals surface area (Å²) in [6, 6.07) is -0.665. The number of aryl methyl sites for hydroxylation is 1. The van der Waals surface area contributed by atoms with Gasteiger partial charge in [-0.25, -0.2) is 9.78 Å². The molecule has 7 heteroatoms. The van der Waals surface area contributed by atoms with Crippen LogP contribution in [0.3, 0.4) is 0 Å². The molecule has 1 aliphatic heterocycles. The maximum absolute atomic E-state index is 11.9. The van der Waals surface area contributed by atoms with Crippen LogP contribution in [0.1, 0.15) is 25.6 Å². The van der Waals surface area contributed by atoms with E-state index in [4.69, 9.17) is 0 Å². The Kier molecular flexibility index (Phi) is 4.03. The van der Waals surface area contributed by atoms with E-state index in [2.05, 4.69) is 20.4 Å². The topological polar surface area (TPSA) is 85.2 Å². The number of hydrogen-bond donors (Lipinski definition) is 2. The number of hydrogen-bond acceptors (Lipinski definition) is 4. The van der Waals surface area contributed by atoms with Crippen molar-refractivity contribution in [1.82, 2.24) is 14.9 Å². The number of nitrogens with zero attached hydrogens (tertiary/aromatic N) is 2. The lowest BCUT2D eigenvalue weighted by atomic mass is 10.2. The fourth-order valence-corrected chi connectivity index (χ4v) is 2.05. The van der Waals surface area contributed by atoms with E-state index < -0.39 is 12.1 Å². The summed E-state index contributed by atoms with van der Waals surface area (Å²) >= 11 is 0. The van der Waals surface area contributed by atoms with Gasteiger partial charge in [-0.15, -0.1) is 0 Å². The molecular formula is C12H18N4O3. The van der Waals surface area contributed by atoms with Crippen LogP contribution >= 0.6 is 0 Å². The van der Waals surface area contributed by atoms with E-state index in [1.165, 1.54) is 7.11 Å². The number of nitrogens with one attached hydrogen (secondary N) is 2. The van der Waals surface area contributed by atoms with Crippen LogP contribution < -0.4 is 10.6 Å². The first kappa shape index (κ1) is 13.4. The molecular weight excluding hydrogens is 248 g/mol. The smallest absolute Gasteiger partial charge is 0.407 e. The van der Waals surface area contributed by atoms with Crippen molar-refractivity contribution in [2.45, 2.75) is 38.8 Å². The summed E-state index contributed by atoms with van der Waals surface area (Å²) in [5, 5.41) is 5.19. The van der Waals surface area contributed by atoms with Crippen molar-refractivity contribution in [3.63, 3.8) is 0 Å². The maximum Gasteiger partial charge on any atom is 0.407 e. The van der Waals surface area contributed by atoms with Crippen LogP contribution in [0.5, 0.6) is 0 Å². The molecule has 1 aliphatic rings. The van der Waals surface area contributed by atoms with Gasteiger partial charge in [0, 0.05) is 13.0 Å². The Balaban J connectivity index is 1.99. The summed E-state index contributed by atoms with van der Waals surface area (Å²) in [6.45, 7) is 2.46. The number of fused-ring (bicyclic) bond motifs is 1. The first-order chi connectivity index (χ1) is 9.11. The molecule has 0 radical (unpaired) electrons. The Morgan fingerprint density at radius 1 is 1.47 bits per heavy atom. The monoisotopic (exact) mass is 266 g/mol. The average molecular weight is 266 g/mol. The normalized spacial score (nSPS) is 15.3. The zero-order valence-corrected chi connectivity index (χ0v) is 11.1. The third-order valence-corrected chi connectivity index (χ3v) is 3.13. The zero-order valence-electron chi connectivity index (χ0n) is 11.1. The molecule has 2 amide bonds. The summed E-state index contributed by atoms with van der Waals surface area (Å²) in [4.78, 5) is 27.2. The molecule has 19 heavy (non-hydrogen) atoms. The number of methoxy groups -OCH3 is 1. The molecule has 0 unspecified atom stereocenters. The third kappa shape index (κ3) is 3.04. The summed E-state index contributed by atoms with van der Waals surface area (Å²) < 4.78 is 6.46. The number of rotatable bonds is 3. The van der Waals surface area contributed by atoms with Gasteiger partial charge < -0.3 is 19.9 Å². The largest absolute Gasteiger partial charge is 0.453 e. The van der Waals surface area contributed by atoms with Crippen LogP contribution in [0.25, 0.3) is 0 Å². The molecule has 2 rings (SSSR count). The molecule has 2 heterocycles. The first-order valence-electron chi connectivity index (χ1n) is 6.31. The molecule has 0 bridgehead atoms. The second-order valence-electron chi connectivity index (χ2n) is 4.52. The number of alkyl carbamates (subject to hydrolysis) is 1. The Bertz CT molecular complexity index is 483. The van der Waals surface area contributed by atoms with E-state index in [0.29, 0.717) is 5.82 Å². The van der Waals surface area contributed by atoms with Gasteiger partial charge in [-0.2, -0.15) is 0 Å². The molecule has 0 aromatic carbocycles. The fraction of sp³-hybridized carbons (Fsp3) is 0.583.